The number of carbonyl (C=O) groups excluding carboxylic acids is 3. The third kappa shape index (κ3) is 4.84. The Morgan fingerprint density at radius 2 is 1.73 bits per heavy atom. The average molecular weight is 464 g/mol. The van der Waals surface area contributed by atoms with E-state index in [2.05, 4.69) is 40.5 Å². The number of nitrogens with one attached hydrogen (secondary N) is 1. The third-order valence-electron chi connectivity index (χ3n) is 6.87. The molecule has 2 saturated heterocycles. The number of imide groups is 1. The Labute approximate surface area is 198 Å². The lowest BCUT2D eigenvalue weighted by atomic mass is 10.0. The van der Waals surface area contributed by atoms with Crippen LogP contribution in [0, 0.1) is 0 Å². The topological polar surface area (TPSA) is 69.7 Å². The van der Waals surface area contributed by atoms with Crippen LogP contribution in [0.3, 0.4) is 0 Å². The second-order valence-corrected chi connectivity index (χ2v) is 10.1. The van der Waals surface area contributed by atoms with E-state index < -0.39 is 6.04 Å². The molecule has 3 amide bonds. The molecule has 2 aromatic rings. The summed E-state index contributed by atoms with van der Waals surface area (Å²) in [5, 5.41) is 2.36. The molecular weight excluding hydrogens is 434 g/mol. The number of piperidine rings is 1. The van der Waals surface area contributed by atoms with Gasteiger partial charge < -0.3 is 9.80 Å². The summed E-state index contributed by atoms with van der Waals surface area (Å²) < 4.78 is 0. The molecule has 0 radical (unpaired) electrons. The Morgan fingerprint density at radius 1 is 0.970 bits per heavy atom. The van der Waals surface area contributed by atoms with E-state index in [0.29, 0.717) is 18.5 Å². The first kappa shape index (κ1) is 22.2. The Kier molecular flexibility index (Phi) is 6.51. The first-order valence-corrected chi connectivity index (χ1v) is 12.8. The van der Waals surface area contributed by atoms with Gasteiger partial charge in [-0.3, -0.25) is 19.7 Å². The van der Waals surface area contributed by atoms with Crippen molar-refractivity contribution in [1.82, 2.24) is 15.1 Å². The Bertz CT molecular complexity index is 1060. The molecule has 3 aliphatic heterocycles. The number of carbonyl (C=O) groups is 3. The van der Waals surface area contributed by atoms with Crippen molar-refractivity contribution < 1.29 is 14.4 Å². The zero-order valence-corrected chi connectivity index (χ0v) is 19.5. The van der Waals surface area contributed by atoms with E-state index in [1.165, 1.54) is 37.1 Å². The maximum Gasteiger partial charge on any atom is 0.255 e. The van der Waals surface area contributed by atoms with Gasteiger partial charge in [0.2, 0.25) is 11.8 Å². The summed E-state index contributed by atoms with van der Waals surface area (Å²) in [4.78, 5) is 42.0. The van der Waals surface area contributed by atoms with Crippen LogP contribution < -0.4 is 5.32 Å². The number of likely N-dealkylation sites (tertiary alicyclic amines) is 1. The van der Waals surface area contributed by atoms with Gasteiger partial charge in [0.05, 0.1) is 0 Å². The van der Waals surface area contributed by atoms with Crippen molar-refractivity contribution in [3.05, 3.63) is 64.7 Å². The van der Waals surface area contributed by atoms with Gasteiger partial charge in [0.15, 0.2) is 0 Å². The molecule has 5 rings (SSSR count). The summed E-state index contributed by atoms with van der Waals surface area (Å²) in [5.41, 5.74) is 4.29. The summed E-state index contributed by atoms with van der Waals surface area (Å²) in [5.74, 6) is 0.0737. The standard InChI is InChI=1S/C26H29N3O3S/c30-24-11-10-22(25(31)27-24)29-16-21-20(26(29)32)4-3-5-23(21)33-17-19-8-6-18(7-9-19)12-15-28-13-1-2-14-28/h3-9,22H,1-2,10-17H2,(H,27,30,31). The molecule has 2 fully saturated rings. The molecule has 0 aliphatic carbocycles. The molecule has 3 heterocycles. The van der Waals surface area contributed by atoms with E-state index in [-0.39, 0.29) is 24.1 Å². The monoisotopic (exact) mass is 463 g/mol. The van der Waals surface area contributed by atoms with Crippen molar-refractivity contribution in [1.29, 1.82) is 0 Å². The first-order chi connectivity index (χ1) is 16.1. The van der Waals surface area contributed by atoms with Gasteiger partial charge in [0.1, 0.15) is 6.04 Å². The van der Waals surface area contributed by atoms with Crippen LogP contribution in [0.4, 0.5) is 0 Å². The first-order valence-electron chi connectivity index (χ1n) is 11.8. The molecule has 0 bridgehead atoms. The fourth-order valence-electron chi connectivity index (χ4n) is 4.95. The molecule has 0 spiro atoms. The van der Waals surface area contributed by atoms with Crippen LogP contribution >= 0.6 is 11.8 Å². The van der Waals surface area contributed by atoms with Crippen LogP contribution in [0.5, 0.6) is 0 Å². The van der Waals surface area contributed by atoms with Crippen molar-refractivity contribution >= 4 is 29.5 Å². The van der Waals surface area contributed by atoms with E-state index in [0.717, 1.165) is 29.2 Å². The van der Waals surface area contributed by atoms with Gasteiger partial charge in [-0.25, -0.2) is 0 Å². The Morgan fingerprint density at radius 3 is 2.48 bits per heavy atom. The van der Waals surface area contributed by atoms with Crippen LogP contribution in [0.1, 0.15) is 52.7 Å². The van der Waals surface area contributed by atoms with Crippen molar-refractivity contribution in [3.63, 3.8) is 0 Å². The lowest BCUT2D eigenvalue weighted by Gasteiger charge is -2.29. The Hall–Kier alpha value is -2.64. The van der Waals surface area contributed by atoms with E-state index in [1.54, 1.807) is 16.7 Å². The summed E-state index contributed by atoms with van der Waals surface area (Å²) in [6.07, 6.45) is 4.41. The van der Waals surface area contributed by atoms with Gasteiger partial charge in [-0.15, -0.1) is 11.8 Å². The third-order valence-corrected chi connectivity index (χ3v) is 8.04. The van der Waals surface area contributed by atoms with Crippen LogP contribution in [0.2, 0.25) is 0 Å². The molecule has 0 saturated carbocycles. The zero-order valence-electron chi connectivity index (χ0n) is 18.7. The fourth-order valence-corrected chi connectivity index (χ4v) is 5.99. The molecule has 1 N–H and O–H groups in total. The molecule has 1 atom stereocenters. The summed E-state index contributed by atoms with van der Waals surface area (Å²) >= 11 is 1.73. The maximum absolute atomic E-state index is 13.0. The van der Waals surface area contributed by atoms with Crippen LogP contribution in [0.25, 0.3) is 0 Å². The van der Waals surface area contributed by atoms with Crippen molar-refractivity contribution in [2.45, 2.75) is 55.3 Å². The largest absolute Gasteiger partial charge is 0.322 e. The van der Waals surface area contributed by atoms with Gasteiger partial charge in [-0.05, 0) is 67.6 Å². The quantitative estimate of drug-likeness (QED) is 0.504. The van der Waals surface area contributed by atoms with E-state index >= 15 is 0 Å². The van der Waals surface area contributed by atoms with Gasteiger partial charge in [0.25, 0.3) is 5.91 Å². The smallest absolute Gasteiger partial charge is 0.255 e. The highest BCUT2D eigenvalue weighted by molar-refractivity contribution is 7.98. The molecule has 6 nitrogen and oxygen atoms in total. The number of thioether (sulfide) groups is 1. The highest BCUT2D eigenvalue weighted by Crippen LogP contribution is 2.35. The second-order valence-electron chi connectivity index (χ2n) is 9.09. The minimum absolute atomic E-state index is 0.121. The van der Waals surface area contributed by atoms with E-state index in [9.17, 15) is 14.4 Å². The van der Waals surface area contributed by atoms with Crippen LogP contribution in [0.15, 0.2) is 47.4 Å². The number of hydrogen-bond acceptors (Lipinski definition) is 5. The molecule has 0 aromatic heterocycles. The molecule has 1 unspecified atom stereocenters. The minimum Gasteiger partial charge on any atom is -0.322 e. The molecule has 7 heteroatoms. The van der Waals surface area contributed by atoms with Gasteiger partial charge in [-0.2, -0.15) is 0 Å². The summed E-state index contributed by atoms with van der Waals surface area (Å²) in [6, 6.07) is 14.1. The number of hydrogen-bond donors (Lipinski definition) is 1. The number of rotatable bonds is 7. The lowest BCUT2D eigenvalue weighted by Crippen LogP contribution is -2.52. The second kappa shape index (κ2) is 9.69. The van der Waals surface area contributed by atoms with Gasteiger partial charge in [0, 0.05) is 35.7 Å². The normalized spacial score (nSPS) is 20.9. The van der Waals surface area contributed by atoms with Crippen molar-refractivity contribution in [3.8, 4) is 0 Å². The molecule has 2 aromatic carbocycles. The minimum atomic E-state index is -0.575. The van der Waals surface area contributed by atoms with E-state index in [1.807, 2.05) is 12.1 Å². The van der Waals surface area contributed by atoms with Crippen molar-refractivity contribution in [2.24, 2.45) is 0 Å². The maximum atomic E-state index is 13.0. The van der Waals surface area contributed by atoms with Crippen LogP contribution in [-0.2, 0) is 28.3 Å². The average Bonchev–Trinajstić information content (AvgIpc) is 3.46. The zero-order chi connectivity index (χ0) is 22.8. The van der Waals surface area contributed by atoms with Gasteiger partial charge in [-0.1, -0.05) is 30.3 Å². The fraction of sp³-hybridized carbons (Fsp3) is 0.423. The number of amides is 3. The molecular formula is C26H29N3O3S. The Balaban J connectivity index is 1.21. The number of nitrogens with zero attached hydrogens (tertiary/aromatic N) is 2. The molecule has 3 aliphatic rings. The highest BCUT2D eigenvalue weighted by atomic mass is 32.2. The van der Waals surface area contributed by atoms with Gasteiger partial charge >= 0.3 is 0 Å². The predicted octanol–water partition coefficient (Wildman–Crippen LogP) is 3.38. The van der Waals surface area contributed by atoms with Crippen LogP contribution in [-0.4, -0.2) is 53.2 Å². The highest BCUT2D eigenvalue weighted by Gasteiger charge is 2.39. The number of benzene rings is 2. The molecule has 172 valence electrons. The van der Waals surface area contributed by atoms with Crippen molar-refractivity contribution in [2.75, 3.05) is 19.6 Å². The predicted molar refractivity (Wildman–Crippen MR) is 128 cm³/mol. The lowest BCUT2D eigenvalue weighted by molar-refractivity contribution is -0.136. The summed E-state index contributed by atoms with van der Waals surface area (Å²) in [7, 11) is 0. The van der Waals surface area contributed by atoms with E-state index in [4.69, 9.17) is 0 Å². The summed E-state index contributed by atoms with van der Waals surface area (Å²) in [6.45, 7) is 4.03. The molecule has 33 heavy (non-hydrogen) atoms. The number of fused-ring (bicyclic) bond motifs is 1. The SMILES string of the molecule is O=C1CCC(N2Cc3c(SCc4ccc(CCN5CCCC5)cc4)cccc3C2=O)C(=O)N1.